The maximum absolute atomic E-state index is 12.8. The molecule has 0 bridgehead atoms. The molecule has 0 saturated heterocycles. The molecule has 27 heavy (non-hydrogen) atoms. The molecule has 1 amide bonds. The SMILES string of the molecule is Cc1c(CN(C)C(=O)c2cccc(COc3ccccc3Br)c2)cnn1C. The molecule has 0 aliphatic rings. The normalized spacial score (nSPS) is 10.7. The monoisotopic (exact) mass is 427 g/mol. The summed E-state index contributed by atoms with van der Waals surface area (Å²) in [5.74, 6) is 0.749. The zero-order chi connectivity index (χ0) is 19.4. The summed E-state index contributed by atoms with van der Waals surface area (Å²) >= 11 is 3.47. The van der Waals surface area contributed by atoms with Gasteiger partial charge in [0.2, 0.25) is 0 Å². The molecule has 140 valence electrons. The molecule has 1 aromatic heterocycles. The van der Waals surface area contributed by atoms with Crippen LogP contribution in [0.3, 0.4) is 0 Å². The highest BCUT2D eigenvalue weighted by molar-refractivity contribution is 9.10. The molecule has 0 radical (unpaired) electrons. The predicted octanol–water partition coefficient (Wildman–Crippen LogP) is 4.34. The minimum atomic E-state index is -0.0269. The molecule has 0 atom stereocenters. The second-order valence-electron chi connectivity index (χ2n) is 6.46. The largest absolute Gasteiger partial charge is 0.488 e. The number of amides is 1. The van der Waals surface area contributed by atoms with Crippen molar-refractivity contribution in [3.63, 3.8) is 0 Å². The van der Waals surface area contributed by atoms with Crippen molar-refractivity contribution in [1.82, 2.24) is 14.7 Å². The maximum Gasteiger partial charge on any atom is 0.253 e. The second-order valence-corrected chi connectivity index (χ2v) is 7.31. The van der Waals surface area contributed by atoms with Gasteiger partial charge in [-0.05, 0) is 52.7 Å². The Labute approximate surface area is 167 Å². The van der Waals surface area contributed by atoms with Crippen LogP contribution in [0.25, 0.3) is 0 Å². The fourth-order valence-corrected chi connectivity index (χ4v) is 3.16. The van der Waals surface area contributed by atoms with Gasteiger partial charge in [-0.2, -0.15) is 5.10 Å². The quantitative estimate of drug-likeness (QED) is 0.587. The minimum Gasteiger partial charge on any atom is -0.488 e. The average molecular weight is 428 g/mol. The van der Waals surface area contributed by atoms with Gasteiger partial charge < -0.3 is 9.64 Å². The number of carbonyl (C=O) groups excluding carboxylic acids is 1. The number of benzene rings is 2. The Balaban J connectivity index is 1.68. The van der Waals surface area contributed by atoms with Gasteiger partial charge in [0.1, 0.15) is 12.4 Å². The van der Waals surface area contributed by atoms with Gasteiger partial charge in [-0.1, -0.05) is 24.3 Å². The first-order valence-corrected chi connectivity index (χ1v) is 9.44. The van der Waals surface area contributed by atoms with Crippen LogP contribution in [0.4, 0.5) is 0 Å². The van der Waals surface area contributed by atoms with E-state index in [0.717, 1.165) is 27.0 Å². The van der Waals surface area contributed by atoms with Crippen LogP contribution in [0.15, 0.2) is 59.2 Å². The van der Waals surface area contributed by atoms with Gasteiger partial charge >= 0.3 is 0 Å². The number of aromatic nitrogens is 2. The first-order chi connectivity index (χ1) is 13.0. The van der Waals surface area contributed by atoms with Gasteiger partial charge in [0.25, 0.3) is 5.91 Å². The summed E-state index contributed by atoms with van der Waals surface area (Å²) in [5, 5.41) is 4.23. The van der Waals surface area contributed by atoms with Crippen molar-refractivity contribution in [2.45, 2.75) is 20.1 Å². The summed E-state index contributed by atoms with van der Waals surface area (Å²) in [6.45, 7) is 2.92. The number of halogens is 1. The predicted molar refractivity (Wildman–Crippen MR) is 109 cm³/mol. The summed E-state index contributed by atoms with van der Waals surface area (Å²) in [6, 6.07) is 15.3. The van der Waals surface area contributed by atoms with Crippen LogP contribution in [-0.2, 0) is 20.2 Å². The van der Waals surface area contributed by atoms with E-state index in [0.29, 0.717) is 18.7 Å². The minimum absolute atomic E-state index is 0.0269. The molecule has 0 aliphatic heterocycles. The number of para-hydroxylation sites is 1. The van der Waals surface area contributed by atoms with Gasteiger partial charge in [-0.25, -0.2) is 0 Å². The Kier molecular flexibility index (Phi) is 5.96. The number of carbonyl (C=O) groups is 1. The van der Waals surface area contributed by atoms with Crippen LogP contribution in [-0.4, -0.2) is 27.6 Å². The van der Waals surface area contributed by atoms with Gasteiger partial charge in [0, 0.05) is 37.5 Å². The lowest BCUT2D eigenvalue weighted by Gasteiger charge is -2.17. The molecule has 0 spiro atoms. The number of nitrogens with zero attached hydrogens (tertiary/aromatic N) is 3. The van der Waals surface area contributed by atoms with Gasteiger partial charge in [-0.15, -0.1) is 0 Å². The molecule has 3 rings (SSSR count). The first kappa shape index (κ1) is 19.2. The van der Waals surface area contributed by atoms with Crippen molar-refractivity contribution < 1.29 is 9.53 Å². The van der Waals surface area contributed by atoms with Crippen LogP contribution in [0, 0.1) is 6.92 Å². The second kappa shape index (κ2) is 8.39. The van der Waals surface area contributed by atoms with E-state index in [1.54, 1.807) is 18.1 Å². The summed E-state index contributed by atoms with van der Waals surface area (Å²) in [4.78, 5) is 14.5. The molecule has 0 N–H and O–H groups in total. The Morgan fingerprint density at radius 1 is 1.22 bits per heavy atom. The average Bonchev–Trinajstić information content (AvgIpc) is 2.99. The summed E-state index contributed by atoms with van der Waals surface area (Å²) in [5.41, 5.74) is 3.70. The van der Waals surface area contributed by atoms with E-state index in [1.807, 2.05) is 67.2 Å². The van der Waals surface area contributed by atoms with Crippen LogP contribution >= 0.6 is 15.9 Å². The third kappa shape index (κ3) is 4.57. The molecule has 6 heteroatoms. The molecule has 5 nitrogen and oxygen atoms in total. The van der Waals surface area contributed by atoms with Crippen molar-refractivity contribution in [2.24, 2.45) is 7.05 Å². The van der Waals surface area contributed by atoms with E-state index >= 15 is 0 Å². The highest BCUT2D eigenvalue weighted by Gasteiger charge is 2.15. The van der Waals surface area contributed by atoms with E-state index in [9.17, 15) is 4.79 Å². The molecular formula is C21H22BrN3O2. The van der Waals surface area contributed by atoms with E-state index < -0.39 is 0 Å². The maximum atomic E-state index is 12.8. The fourth-order valence-electron chi connectivity index (χ4n) is 2.76. The fraction of sp³-hybridized carbons (Fsp3) is 0.238. The van der Waals surface area contributed by atoms with Crippen LogP contribution in [0.1, 0.15) is 27.2 Å². The topological polar surface area (TPSA) is 47.4 Å². The molecule has 0 fully saturated rings. The van der Waals surface area contributed by atoms with E-state index in [4.69, 9.17) is 4.74 Å². The Hall–Kier alpha value is -2.60. The molecule has 1 heterocycles. The molecular weight excluding hydrogens is 406 g/mol. The number of ether oxygens (including phenoxy) is 1. The molecule has 0 saturated carbocycles. The van der Waals surface area contributed by atoms with Crippen molar-refractivity contribution in [3.8, 4) is 5.75 Å². The van der Waals surface area contributed by atoms with E-state index in [1.165, 1.54) is 0 Å². The highest BCUT2D eigenvalue weighted by Crippen LogP contribution is 2.25. The highest BCUT2D eigenvalue weighted by atomic mass is 79.9. The van der Waals surface area contributed by atoms with Crippen molar-refractivity contribution in [2.75, 3.05) is 7.05 Å². The Bertz CT molecular complexity index is 952. The van der Waals surface area contributed by atoms with Crippen LogP contribution in [0.5, 0.6) is 5.75 Å². The number of hydrogen-bond donors (Lipinski definition) is 0. The van der Waals surface area contributed by atoms with Crippen LogP contribution < -0.4 is 4.74 Å². The zero-order valence-corrected chi connectivity index (χ0v) is 17.2. The summed E-state index contributed by atoms with van der Waals surface area (Å²) in [6.07, 6.45) is 1.81. The van der Waals surface area contributed by atoms with Crippen molar-refractivity contribution in [1.29, 1.82) is 0 Å². The van der Waals surface area contributed by atoms with Gasteiger partial charge in [-0.3, -0.25) is 9.48 Å². The van der Waals surface area contributed by atoms with Crippen molar-refractivity contribution >= 4 is 21.8 Å². The first-order valence-electron chi connectivity index (χ1n) is 8.65. The van der Waals surface area contributed by atoms with Crippen molar-refractivity contribution in [3.05, 3.63) is 81.6 Å². The molecule has 2 aromatic carbocycles. The van der Waals surface area contributed by atoms with Gasteiger partial charge in [0.05, 0.1) is 10.7 Å². The lowest BCUT2D eigenvalue weighted by Crippen LogP contribution is -2.26. The molecule has 0 unspecified atom stereocenters. The lowest BCUT2D eigenvalue weighted by atomic mass is 10.1. The summed E-state index contributed by atoms with van der Waals surface area (Å²) < 4.78 is 8.57. The molecule has 3 aromatic rings. The number of rotatable bonds is 6. The van der Waals surface area contributed by atoms with Gasteiger partial charge in [0.15, 0.2) is 0 Å². The van der Waals surface area contributed by atoms with E-state index in [-0.39, 0.29) is 5.91 Å². The number of hydrogen-bond acceptors (Lipinski definition) is 3. The Morgan fingerprint density at radius 2 is 2.00 bits per heavy atom. The third-order valence-corrected chi connectivity index (χ3v) is 5.15. The standard InChI is InChI=1S/C21H22BrN3O2/c1-15-18(12-23-25(15)3)13-24(2)21(26)17-8-6-7-16(11-17)14-27-20-10-5-4-9-19(20)22/h4-12H,13-14H2,1-3H3. The molecule has 0 aliphatic carbocycles. The third-order valence-electron chi connectivity index (χ3n) is 4.50. The lowest BCUT2D eigenvalue weighted by molar-refractivity contribution is 0.0784. The van der Waals surface area contributed by atoms with Crippen LogP contribution in [0.2, 0.25) is 0 Å². The Morgan fingerprint density at radius 3 is 2.70 bits per heavy atom. The zero-order valence-electron chi connectivity index (χ0n) is 15.6. The number of aryl methyl sites for hydroxylation is 1. The summed E-state index contributed by atoms with van der Waals surface area (Å²) in [7, 11) is 3.70. The smallest absolute Gasteiger partial charge is 0.253 e. The van der Waals surface area contributed by atoms with E-state index in [2.05, 4.69) is 21.0 Å².